The first-order valence-electron chi connectivity index (χ1n) is 10.5. The van der Waals surface area contributed by atoms with E-state index in [1.807, 2.05) is 11.0 Å². The van der Waals surface area contributed by atoms with Gasteiger partial charge in [0.25, 0.3) is 5.91 Å². The van der Waals surface area contributed by atoms with Crippen LogP contribution in [0.5, 0.6) is 0 Å². The number of nitrogens with zero attached hydrogens (tertiary/aromatic N) is 2. The predicted octanol–water partition coefficient (Wildman–Crippen LogP) is 4.70. The predicted molar refractivity (Wildman–Crippen MR) is 120 cm³/mol. The van der Waals surface area contributed by atoms with Gasteiger partial charge < -0.3 is 4.90 Å². The van der Waals surface area contributed by atoms with Crippen LogP contribution in [-0.2, 0) is 17.6 Å². The Balaban J connectivity index is 1.26. The number of rotatable bonds is 6. The molecular formula is C24H23F2N3O2S. The monoisotopic (exact) mass is 455 g/mol. The van der Waals surface area contributed by atoms with E-state index in [-0.39, 0.29) is 23.7 Å². The number of hydrogen-bond donors (Lipinski definition) is 1. The molecule has 0 atom stereocenters. The van der Waals surface area contributed by atoms with Gasteiger partial charge in [0.1, 0.15) is 11.6 Å². The lowest BCUT2D eigenvalue weighted by atomic mass is 9.90. The molecule has 1 N–H and O–H groups in total. The summed E-state index contributed by atoms with van der Waals surface area (Å²) in [7, 11) is 0. The number of anilines is 1. The Morgan fingerprint density at radius 2 is 1.88 bits per heavy atom. The first kappa shape index (κ1) is 22.1. The molecule has 3 aromatic rings. The lowest BCUT2D eigenvalue weighted by Crippen LogP contribution is -2.39. The van der Waals surface area contributed by atoms with Crippen LogP contribution in [0.3, 0.4) is 0 Å². The Bertz CT molecular complexity index is 1110. The van der Waals surface area contributed by atoms with Gasteiger partial charge in [0.05, 0.1) is 17.7 Å². The molecule has 0 unspecified atom stereocenters. The summed E-state index contributed by atoms with van der Waals surface area (Å²) in [5.41, 5.74) is 1.51. The van der Waals surface area contributed by atoms with E-state index in [9.17, 15) is 18.4 Å². The van der Waals surface area contributed by atoms with Crippen molar-refractivity contribution in [2.24, 2.45) is 5.92 Å². The molecule has 0 bridgehead atoms. The molecule has 0 aliphatic carbocycles. The number of aromatic nitrogens is 1. The fraction of sp³-hybridized carbons (Fsp3) is 0.292. The lowest BCUT2D eigenvalue weighted by molar-refractivity contribution is -0.131. The third kappa shape index (κ3) is 5.56. The summed E-state index contributed by atoms with van der Waals surface area (Å²) in [4.78, 5) is 31.0. The van der Waals surface area contributed by atoms with Gasteiger partial charge in [-0.05, 0) is 55.0 Å². The highest BCUT2D eigenvalue weighted by molar-refractivity contribution is 7.14. The van der Waals surface area contributed by atoms with Crippen molar-refractivity contribution < 1.29 is 18.4 Å². The molecule has 2 amide bonds. The number of benzene rings is 2. The Morgan fingerprint density at radius 3 is 2.62 bits per heavy atom. The summed E-state index contributed by atoms with van der Waals surface area (Å²) in [5, 5.41) is 4.64. The second kappa shape index (κ2) is 9.99. The van der Waals surface area contributed by atoms with Gasteiger partial charge in [-0.25, -0.2) is 13.8 Å². The highest BCUT2D eigenvalue weighted by Gasteiger charge is 2.24. The molecular weight excluding hydrogens is 432 g/mol. The van der Waals surface area contributed by atoms with Crippen molar-refractivity contribution >= 4 is 28.3 Å². The van der Waals surface area contributed by atoms with Crippen LogP contribution in [0.1, 0.15) is 34.5 Å². The standard InChI is InChI=1S/C24H23F2N3O2S/c25-18-5-3-4-17(13-18)12-16-8-10-29(11-9-16)22(30)14-19-15-32-24(27-19)28-23(31)20-6-1-2-7-21(20)26/h1-7,13,15-16H,8-12,14H2,(H,27,28,31). The van der Waals surface area contributed by atoms with Crippen molar-refractivity contribution in [3.8, 4) is 0 Å². The molecule has 2 heterocycles. The average Bonchev–Trinajstić information content (AvgIpc) is 3.21. The molecule has 166 valence electrons. The number of thiazole rings is 1. The number of amides is 2. The number of likely N-dealkylation sites (tertiary alicyclic amines) is 1. The summed E-state index contributed by atoms with van der Waals surface area (Å²) in [6.45, 7) is 1.33. The zero-order valence-corrected chi connectivity index (χ0v) is 18.2. The highest BCUT2D eigenvalue weighted by atomic mass is 32.1. The molecule has 1 saturated heterocycles. The van der Waals surface area contributed by atoms with Gasteiger partial charge in [-0.15, -0.1) is 11.3 Å². The smallest absolute Gasteiger partial charge is 0.260 e. The maximum absolute atomic E-state index is 13.7. The van der Waals surface area contributed by atoms with Crippen LogP contribution in [0.4, 0.5) is 13.9 Å². The van der Waals surface area contributed by atoms with Crippen molar-refractivity contribution in [3.63, 3.8) is 0 Å². The van der Waals surface area contributed by atoms with E-state index in [0.29, 0.717) is 29.8 Å². The zero-order chi connectivity index (χ0) is 22.5. The molecule has 1 aliphatic rings. The van der Waals surface area contributed by atoms with Crippen LogP contribution in [0.2, 0.25) is 0 Å². The minimum absolute atomic E-state index is 0.00788. The molecule has 5 nitrogen and oxygen atoms in total. The maximum Gasteiger partial charge on any atom is 0.260 e. The highest BCUT2D eigenvalue weighted by Crippen LogP contribution is 2.23. The molecule has 1 fully saturated rings. The molecule has 32 heavy (non-hydrogen) atoms. The molecule has 0 spiro atoms. The van der Waals surface area contributed by atoms with Crippen molar-refractivity contribution in [2.75, 3.05) is 18.4 Å². The van der Waals surface area contributed by atoms with Crippen LogP contribution in [0.15, 0.2) is 53.9 Å². The van der Waals surface area contributed by atoms with Crippen molar-refractivity contribution in [2.45, 2.75) is 25.7 Å². The second-order valence-corrected chi connectivity index (χ2v) is 8.77. The Morgan fingerprint density at radius 1 is 1.09 bits per heavy atom. The third-order valence-corrected chi connectivity index (χ3v) is 6.41. The van der Waals surface area contributed by atoms with E-state index in [1.165, 1.54) is 35.6 Å². The minimum atomic E-state index is -0.599. The quantitative estimate of drug-likeness (QED) is 0.586. The van der Waals surface area contributed by atoms with Gasteiger partial charge >= 0.3 is 0 Å². The van der Waals surface area contributed by atoms with Crippen LogP contribution < -0.4 is 5.32 Å². The largest absolute Gasteiger partial charge is 0.342 e. The van der Waals surface area contributed by atoms with E-state index < -0.39 is 11.7 Å². The van der Waals surface area contributed by atoms with Gasteiger partial charge in [-0.3, -0.25) is 14.9 Å². The summed E-state index contributed by atoms with van der Waals surface area (Å²) in [5.74, 6) is -0.969. The topological polar surface area (TPSA) is 62.3 Å². The SMILES string of the molecule is O=C(Nc1nc(CC(=O)N2CCC(Cc3cccc(F)c3)CC2)cs1)c1ccccc1F. The molecule has 1 aromatic heterocycles. The number of carbonyl (C=O) groups is 2. The third-order valence-electron chi connectivity index (χ3n) is 5.60. The van der Waals surface area contributed by atoms with Crippen LogP contribution >= 0.6 is 11.3 Å². The number of piperidine rings is 1. The van der Waals surface area contributed by atoms with E-state index in [2.05, 4.69) is 10.3 Å². The minimum Gasteiger partial charge on any atom is -0.342 e. The van der Waals surface area contributed by atoms with E-state index >= 15 is 0 Å². The number of halogens is 2. The molecule has 2 aromatic carbocycles. The molecule has 4 rings (SSSR count). The summed E-state index contributed by atoms with van der Waals surface area (Å²) >= 11 is 1.20. The van der Waals surface area contributed by atoms with Gasteiger partial charge in [0, 0.05) is 18.5 Å². The van der Waals surface area contributed by atoms with E-state index in [0.717, 1.165) is 24.8 Å². The Hall–Kier alpha value is -3.13. The van der Waals surface area contributed by atoms with Crippen LogP contribution in [0.25, 0.3) is 0 Å². The maximum atomic E-state index is 13.7. The van der Waals surface area contributed by atoms with Gasteiger partial charge in [-0.2, -0.15) is 0 Å². The molecule has 0 saturated carbocycles. The van der Waals surface area contributed by atoms with Crippen LogP contribution in [-0.4, -0.2) is 34.8 Å². The molecule has 0 radical (unpaired) electrons. The Labute approximate surface area is 189 Å². The number of nitrogens with one attached hydrogen (secondary N) is 1. The second-order valence-electron chi connectivity index (χ2n) is 7.91. The van der Waals surface area contributed by atoms with Gasteiger partial charge in [-0.1, -0.05) is 24.3 Å². The number of hydrogen-bond acceptors (Lipinski definition) is 4. The van der Waals surface area contributed by atoms with Crippen molar-refractivity contribution in [1.82, 2.24) is 9.88 Å². The Kier molecular flexibility index (Phi) is 6.90. The summed E-state index contributed by atoms with van der Waals surface area (Å²) in [6, 6.07) is 12.4. The van der Waals surface area contributed by atoms with Gasteiger partial charge in [0.15, 0.2) is 5.13 Å². The van der Waals surface area contributed by atoms with Crippen molar-refractivity contribution in [1.29, 1.82) is 0 Å². The van der Waals surface area contributed by atoms with Crippen molar-refractivity contribution in [3.05, 3.63) is 82.4 Å². The fourth-order valence-electron chi connectivity index (χ4n) is 3.91. The average molecular weight is 456 g/mol. The molecule has 1 aliphatic heterocycles. The normalized spacial score (nSPS) is 14.4. The zero-order valence-electron chi connectivity index (χ0n) is 17.4. The summed E-state index contributed by atoms with van der Waals surface area (Å²) in [6.07, 6.45) is 2.73. The molecule has 8 heteroatoms. The first-order valence-corrected chi connectivity index (χ1v) is 11.4. The van der Waals surface area contributed by atoms with E-state index in [1.54, 1.807) is 23.6 Å². The fourth-order valence-corrected chi connectivity index (χ4v) is 4.61. The number of carbonyl (C=O) groups excluding carboxylic acids is 2. The lowest BCUT2D eigenvalue weighted by Gasteiger charge is -2.32. The van der Waals surface area contributed by atoms with E-state index in [4.69, 9.17) is 0 Å². The van der Waals surface area contributed by atoms with Gasteiger partial charge in [0.2, 0.25) is 5.91 Å². The van der Waals surface area contributed by atoms with Crippen LogP contribution in [0, 0.1) is 17.6 Å². The summed E-state index contributed by atoms with van der Waals surface area (Å²) < 4.78 is 27.1. The first-order chi connectivity index (χ1) is 15.5.